The molecule has 0 amide bonds. The van der Waals surface area contributed by atoms with Crippen molar-refractivity contribution in [3.05, 3.63) is 35.4 Å². The van der Waals surface area contributed by atoms with Gasteiger partial charge in [-0.05, 0) is 18.6 Å². The zero-order chi connectivity index (χ0) is 14.3. The molecule has 1 aromatic rings. The highest BCUT2D eigenvalue weighted by Crippen LogP contribution is 2.11. The van der Waals surface area contributed by atoms with Crippen molar-refractivity contribution in [2.45, 2.75) is 26.0 Å². The molecule has 0 saturated heterocycles. The largest absolute Gasteiger partial charge is 0.481 e. The molecule has 1 unspecified atom stereocenters. The molecule has 0 saturated carbocycles. The van der Waals surface area contributed by atoms with Gasteiger partial charge in [-0.2, -0.15) is 5.26 Å². The van der Waals surface area contributed by atoms with Crippen molar-refractivity contribution in [2.75, 3.05) is 13.1 Å². The lowest BCUT2D eigenvalue weighted by molar-refractivity contribution is -0.137. The lowest BCUT2D eigenvalue weighted by Crippen LogP contribution is -2.32. The minimum atomic E-state index is -0.871. The van der Waals surface area contributed by atoms with E-state index in [1.54, 1.807) is 19.1 Å². The molecule has 0 aromatic heterocycles. The van der Waals surface area contributed by atoms with Gasteiger partial charge in [0.2, 0.25) is 0 Å². The quantitative estimate of drug-likeness (QED) is 0.771. The molecular weight excluding hydrogens is 244 g/mol. The van der Waals surface area contributed by atoms with Gasteiger partial charge in [0.25, 0.3) is 0 Å². The zero-order valence-corrected chi connectivity index (χ0v) is 10.9. The molecule has 0 heterocycles. The van der Waals surface area contributed by atoms with Crippen LogP contribution in [0, 0.1) is 11.3 Å². The van der Waals surface area contributed by atoms with Crippen LogP contribution in [-0.4, -0.2) is 40.3 Å². The highest BCUT2D eigenvalue weighted by Gasteiger charge is 2.12. The van der Waals surface area contributed by atoms with Crippen LogP contribution in [-0.2, 0) is 11.3 Å². The van der Waals surface area contributed by atoms with E-state index >= 15 is 0 Å². The van der Waals surface area contributed by atoms with Crippen LogP contribution < -0.4 is 0 Å². The maximum atomic E-state index is 10.6. The smallest absolute Gasteiger partial charge is 0.304 e. The Morgan fingerprint density at radius 1 is 1.47 bits per heavy atom. The van der Waals surface area contributed by atoms with Crippen molar-refractivity contribution >= 4 is 5.97 Å². The first kappa shape index (κ1) is 15.2. The Morgan fingerprint density at radius 3 is 2.74 bits per heavy atom. The molecule has 1 aromatic carbocycles. The van der Waals surface area contributed by atoms with Crippen LogP contribution in [0.3, 0.4) is 0 Å². The van der Waals surface area contributed by atoms with Crippen LogP contribution in [0.1, 0.15) is 24.5 Å². The molecule has 0 bridgehead atoms. The number of carbonyl (C=O) groups is 1. The molecule has 1 atom stereocenters. The predicted molar refractivity (Wildman–Crippen MR) is 70.4 cm³/mol. The van der Waals surface area contributed by atoms with Crippen molar-refractivity contribution in [3.8, 4) is 6.07 Å². The molecule has 1 rings (SSSR count). The molecule has 5 heteroatoms. The maximum absolute atomic E-state index is 10.6. The number of nitriles is 1. The topological polar surface area (TPSA) is 84.6 Å². The van der Waals surface area contributed by atoms with E-state index in [2.05, 4.69) is 6.07 Å². The number of benzene rings is 1. The van der Waals surface area contributed by atoms with E-state index in [1.807, 2.05) is 17.0 Å². The number of aliphatic hydroxyl groups is 1. The Hall–Kier alpha value is -1.90. The van der Waals surface area contributed by atoms with Crippen LogP contribution in [0.5, 0.6) is 0 Å². The second-order valence-corrected chi connectivity index (χ2v) is 4.50. The molecule has 0 spiro atoms. The lowest BCUT2D eigenvalue weighted by Gasteiger charge is -2.23. The average Bonchev–Trinajstić information content (AvgIpc) is 2.36. The number of carboxylic acids is 1. The summed E-state index contributed by atoms with van der Waals surface area (Å²) >= 11 is 0. The Labute approximate surface area is 112 Å². The van der Waals surface area contributed by atoms with Gasteiger partial charge >= 0.3 is 5.97 Å². The third kappa shape index (κ3) is 5.51. The molecule has 0 fully saturated rings. The van der Waals surface area contributed by atoms with Crippen LogP contribution >= 0.6 is 0 Å². The fraction of sp³-hybridized carbons (Fsp3) is 0.429. The summed E-state index contributed by atoms with van der Waals surface area (Å²) in [5.41, 5.74) is 1.42. The highest BCUT2D eigenvalue weighted by molar-refractivity contribution is 5.66. The van der Waals surface area contributed by atoms with E-state index in [1.165, 1.54) is 0 Å². The van der Waals surface area contributed by atoms with Crippen LogP contribution in [0.15, 0.2) is 24.3 Å². The van der Waals surface area contributed by atoms with E-state index in [4.69, 9.17) is 10.4 Å². The monoisotopic (exact) mass is 262 g/mol. The second kappa shape index (κ2) is 7.52. The van der Waals surface area contributed by atoms with Gasteiger partial charge in [0, 0.05) is 19.6 Å². The molecule has 0 radical (unpaired) electrons. The summed E-state index contributed by atoms with van der Waals surface area (Å²) in [5, 5.41) is 27.2. The molecule has 5 nitrogen and oxygen atoms in total. The number of hydrogen-bond acceptors (Lipinski definition) is 4. The Balaban J connectivity index is 2.75. The third-order valence-electron chi connectivity index (χ3n) is 2.70. The van der Waals surface area contributed by atoms with Crippen molar-refractivity contribution < 1.29 is 15.0 Å². The standard InChI is InChI=1S/C14H18N2O3/c1-11(17)9-16(7-6-14(18)19)10-13-5-3-2-4-12(13)8-15/h2-5,11,17H,6-7,9-10H2,1H3,(H,18,19). The summed E-state index contributed by atoms with van der Waals surface area (Å²) in [7, 11) is 0. The first-order chi connectivity index (χ1) is 9.02. The summed E-state index contributed by atoms with van der Waals surface area (Å²) in [6, 6.07) is 9.32. The first-order valence-corrected chi connectivity index (χ1v) is 6.13. The first-order valence-electron chi connectivity index (χ1n) is 6.13. The van der Waals surface area contributed by atoms with E-state index in [0.29, 0.717) is 25.2 Å². The Morgan fingerprint density at radius 2 is 2.16 bits per heavy atom. The molecule has 102 valence electrons. The van der Waals surface area contributed by atoms with Gasteiger partial charge in [0.1, 0.15) is 0 Å². The van der Waals surface area contributed by atoms with Crippen molar-refractivity contribution in [3.63, 3.8) is 0 Å². The maximum Gasteiger partial charge on any atom is 0.304 e. The predicted octanol–water partition coefficient (Wildman–Crippen LogP) is 1.22. The van der Waals surface area contributed by atoms with Crippen LogP contribution in [0.4, 0.5) is 0 Å². The van der Waals surface area contributed by atoms with Gasteiger partial charge < -0.3 is 10.2 Å². The summed E-state index contributed by atoms with van der Waals surface area (Å²) in [4.78, 5) is 12.5. The number of carboxylic acid groups (broad SMARTS) is 1. The van der Waals surface area contributed by atoms with Gasteiger partial charge in [-0.3, -0.25) is 9.69 Å². The Kier molecular flexibility index (Phi) is 6.00. The molecule has 19 heavy (non-hydrogen) atoms. The molecular formula is C14H18N2O3. The number of aliphatic hydroxyl groups excluding tert-OH is 1. The van der Waals surface area contributed by atoms with E-state index in [9.17, 15) is 9.90 Å². The zero-order valence-electron chi connectivity index (χ0n) is 10.9. The number of hydrogen-bond donors (Lipinski definition) is 2. The fourth-order valence-corrected chi connectivity index (χ4v) is 1.87. The third-order valence-corrected chi connectivity index (χ3v) is 2.70. The second-order valence-electron chi connectivity index (χ2n) is 4.50. The van der Waals surface area contributed by atoms with Crippen LogP contribution in [0.25, 0.3) is 0 Å². The molecule has 0 aliphatic rings. The average molecular weight is 262 g/mol. The van der Waals surface area contributed by atoms with Crippen molar-refractivity contribution in [1.29, 1.82) is 5.26 Å². The fourth-order valence-electron chi connectivity index (χ4n) is 1.87. The minimum absolute atomic E-state index is 0.0153. The van der Waals surface area contributed by atoms with Crippen molar-refractivity contribution in [1.82, 2.24) is 4.90 Å². The van der Waals surface area contributed by atoms with Crippen LogP contribution in [0.2, 0.25) is 0 Å². The molecule has 0 aliphatic heterocycles. The minimum Gasteiger partial charge on any atom is -0.481 e. The van der Waals surface area contributed by atoms with E-state index in [0.717, 1.165) is 5.56 Å². The number of nitrogens with zero attached hydrogens (tertiary/aromatic N) is 2. The van der Waals surface area contributed by atoms with Gasteiger partial charge in [-0.1, -0.05) is 18.2 Å². The summed E-state index contributed by atoms with van der Waals surface area (Å²) in [6.07, 6.45) is -0.524. The summed E-state index contributed by atoms with van der Waals surface area (Å²) in [6.45, 7) is 2.85. The summed E-state index contributed by atoms with van der Waals surface area (Å²) < 4.78 is 0. The number of aliphatic carboxylic acids is 1. The van der Waals surface area contributed by atoms with E-state index < -0.39 is 12.1 Å². The SMILES string of the molecule is CC(O)CN(CCC(=O)O)Cc1ccccc1C#N. The van der Waals surface area contributed by atoms with Gasteiger partial charge in [0.05, 0.1) is 24.2 Å². The van der Waals surface area contributed by atoms with Crippen molar-refractivity contribution in [2.24, 2.45) is 0 Å². The lowest BCUT2D eigenvalue weighted by atomic mass is 10.1. The summed E-state index contributed by atoms with van der Waals surface area (Å²) in [5.74, 6) is -0.871. The molecule has 0 aliphatic carbocycles. The normalized spacial score (nSPS) is 12.1. The molecule has 2 N–H and O–H groups in total. The van der Waals surface area contributed by atoms with Gasteiger partial charge in [-0.25, -0.2) is 0 Å². The Bertz CT molecular complexity index is 466. The number of rotatable bonds is 7. The van der Waals surface area contributed by atoms with Gasteiger partial charge in [0.15, 0.2) is 0 Å². The van der Waals surface area contributed by atoms with Gasteiger partial charge in [-0.15, -0.1) is 0 Å². The van der Waals surface area contributed by atoms with E-state index in [-0.39, 0.29) is 6.42 Å². The highest BCUT2D eigenvalue weighted by atomic mass is 16.4.